The molecular weight excluding hydrogens is 330 g/mol. The summed E-state index contributed by atoms with van der Waals surface area (Å²) in [5.41, 5.74) is 1.32. The van der Waals surface area contributed by atoms with Crippen LogP contribution in [0.25, 0.3) is 0 Å². The van der Waals surface area contributed by atoms with Gasteiger partial charge in [-0.25, -0.2) is 9.78 Å². The number of esters is 1. The number of benzene rings is 1. The minimum Gasteiger partial charge on any atom is -0.423 e. The Kier molecular flexibility index (Phi) is 4.56. The second-order valence-corrected chi connectivity index (χ2v) is 6.60. The van der Waals surface area contributed by atoms with Gasteiger partial charge in [-0.05, 0) is 55.7 Å². The van der Waals surface area contributed by atoms with Gasteiger partial charge in [-0.1, -0.05) is 0 Å². The van der Waals surface area contributed by atoms with E-state index >= 15 is 0 Å². The predicted octanol–water partition coefficient (Wildman–Crippen LogP) is 3.03. The molecule has 1 amide bonds. The standard InChI is InChI=1S/C20H21N3O3/c24-18-6-4-14-23(18)15-7-9-16(10-8-15)26-20(25)17-5-3-11-21-19(17)22-12-1-2-13-22/h3,5,7-11H,1-2,4,6,12-14H2. The fraction of sp³-hybridized carbons (Fsp3) is 0.350. The molecule has 0 unspecified atom stereocenters. The molecule has 6 nitrogen and oxygen atoms in total. The van der Waals surface area contributed by atoms with Gasteiger partial charge in [-0.15, -0.1) is 0 Å². The van der Waals surface area contributed by atoms with Gasteiger partial charge in [0.05, 0.1) is 0 Å². The molecule has 0 saturated carbocycles. The highest BCUT2D eigenvalue weighted by Crippen LogP contribution is 2.26. The van der Waals surface area contributed by atoms with Crippen molar-refractivity contribution < 1.29 is 14.3 Å². The predicted molar refractivity (Wildman–Crippen MR) is 98.7 cm³/mol. The molecule has 134 valence electrons. The monoisotopic (exact) mass is 351 g/mol. The van der Waals surface area contributed by atoms with Crippen molar-refractivity contribution in [3.63, 3.8) is 0 Å². The van der Waals surface area contributed by atoms with Crippen molar-refractivity contribution in [1.82, 2.24) is 4.98 Å². The van der Waals surface area contributed by atoms with Gasteiger partial charge in [0.15, 0.2) is 0 Å². The maximum absolute atomic E-state index is 12.6. The van der Waals surface area contributed by atoms with Gasteiger partial charge in [0, 0.05) is 37.9 Å². The maximum atomic E-state index is 12.6. The zero-order valence-electron chi connectivity index (χ0n) is 14.6. The Morgan fingerprint density at radius 1 is 1.00 bits per heavy atom. The third-order valence-electron chi connectivity index (χ3n) is 4.84. The smallest absolute Gasteiger partial charge is 0.347 e. The number of nitrogens with zero attached hydrogens (tertiary/aromatic N) is 3. The molecule has 0 bridgehead atoms. The summed E-state index contributed by atoms with van der Waals surface area (Å²) < 4.78 is 5.54. The van der Waals surface area contributed by atoms with E-state index in [0.29, 0.717) is 23.6 Å². The third kappa shape index (κ3) is 3.27. The fourth-order valence-corrected chi connectivity index (χ4v) is 3.51. The fourth-order valence-electron chi connectivity index (χ4n) is 3.51. The molecule has 2 saturated heterocycles. The van der Waals surface area contributed by atoms with Crippen LogP contribution in [0.4, 0.5) is 11.5 Å². The summed E-state index contributed by atoms with van der Waals surface area (Å²) in [6, 6.07) is 10.6. The molecule has 0 spiro atoms. The van der Waals surface area contributed by atoms with E-state index < -0.39 is 5.97 Å². The number of ether oxygens (including phenoxy) is 1. The highest BCUT2D eigenvalue weighted by molar-refractivity contribution is 5.97. The van der Waals surface area contributed by atoms with Gasteiger partial charge in [-0.3, -0.25) is 4.79 Å². The first-order chi connectivity index (χ1) is 12.7. The van der Waals surface area contributed by atoms with E-state index in [2.05, 4.69) is 9.88 Å². The minimum absolute atomic E-state index is 0.139. The molecule has 2 fully saturated rings. The Morgan fingerprint density at radius 2 is 1.77 bits per heavy atom. The Labute approximate surface area is 152 Å². The molecule has 0 radical (unpaired) electrons. The van der Waals surface area contributed by atoms with Gasteiger partial charge >= 0.3 is 5.97 Å². The Bertz CT molecular complexity index is 813. The number of anilines is 2. The molecule has 1 aromatic heterocycles. The van der Waals surface area contributed by atoms with Crippen LogP contribution in [-0.4, -0.2) is 36.5 Å². The summed E-state index contributed by atoms with van der Waals surface area (Å²) in [5.74, 6) is 0.876. The van der Waals surface area contributed by atoms with Crippen molar-refractivity contribution in [3.05, 3.63) is 48.2 Å². The summed E-state index contributed by atoms with van der Waals surface area (Å²) in [4.78, 5) is 32.7. The molecule has 2 aromatic rings. The van der Waals surface area contributed by atoms with Crippen LogP contribution in [0.15, 0.2) is 42.6 Å². The van der Waals surface area contributed by atoms with Crippen LogP contribution < -0.4 is 14.5 Å². The van der Waals surface area contributed by atoms with Crippen molar-refractivity contribution in [3.8, 4) is 5.75 Å². The first-order valence-electron chi connectivity index (χ1n) is 9.05. The summed E-state index contributed by atoms with van der Waals surface area (Å²) in [6.45, 7) is 2.57. The van der Waals surface area contributed by atoms with Gasteiger partial charge in [0.2, 0.25) is 5.91 Å². The van der Waals surface area contributed by atoms with Gasteiger partial charge in [-0.2, -0.15) is 0 Å². The van der Waals surface area contributed by atoms with Crippen molar-refractivity contribution in [1.29, 1.82) is 0 Å². The van der Waals surface area contributed by atoms with Crippen LogP contribution in [0.1, 0.15) is 36.0 Å². The highest BCUT2D eigenvalue weighted by atomic mass is 16.5. The Morgan fingerprint density at radius 3 is 2.46 bits per heavy atom. The van der Waals surface area contributed by atoms with E-state index in [1.807, 2.05) is 12.1 Å². The lowest BCUT2D eigenvalue weighted by molar-refractivity contribution is -0.117. The van der Waals surface area contributed by atoms with Gasteiger partial charge in [0.25, 0.3) is 0 Å². The number of rotatable bonds is 4. The van der Waals surface area contributed by atoms with Gasteiger partial charge < -0.3 is 14.5 Å². The van der Waals surface area contributed by atoms with E-state index in [9.17, 15) is 9.59 Å². The average molecular weight is 351 g/mol. The lowest BCUT2D eigenvalue weighted by Gasteiger charge is -2.19. The lowest BCUT2D eigenvalue weighted by atomic mass is 10.2. The number of carbonyl (C=O) groups excluding carboxylic acids is 2. The number of hydrogen-bond donors (Lipinski definition) is 0. The van der Waals surface area contributed by atoms with Crippen LogP contribution in [0, 0.1) is 0 Å². The molecule has 2 aliphatic rings. The van der Waals surface area contributed by atoms with E-state index in [1.165, 1.54) is 0 Å². The van der Waals surface area contributed by atoms with Crippen molar-refractivity contribution in [2.24, 2.45) is 0 Å². The normalized spacial score (nSPS) is 17.0. The first kappa shape index (κ1) is 16.6. The molecule has 2 aliphatic heterocycles. The Hall–Kier alpha value is -2.89. The molecule has 0 aliphatic carbocycles. The van der Waals surface area contributed by atoms with Gasteiger partial charge in [0.1, 0.15) is 17.1 Å². The lowest BCUT2D eigenvalue weighted by Crippen LogP contribution is -2.24. The second-order valence-electron chi connectivity index (χ2n) is 6.60. The number of pyridine rings is 1. The summed E-state index contributed by atoms with van der Waals surface area (Å²) >= 11 is 0. The quantitative estimate of drug-likeness (QED) is 0.626. The summed E-state index contributed by atoms with van der Waals surface area (Å²) in [6.07, 6.45) is 5.41. The zero-order chi connectivity index (χ0) is 17.9. The average Bonchev–Trinajstić information content (AvgIpc) is 3.34. The molecule has 6 heteroatoms. The molecule has 0 atom stereocenters. The van der Waals surface area contributed by atoms with E-state index in [0.717, 1.165) is 44.6 Å². The van der Waals surface area contributed by atoms with Crippen LogP contribution in [-0.2, 0) is 4.79 Å². The highest BCUT2D eigenvalue weighted by Gasteiger charge is 2.23. The number of hydrogen-bond acceptors (Lipinski definition) is 5. The van der Waals surface area contributed by atoms with Crippen LogP contribution in [0.5, 0.6) is 5.75 Å². The van der Waals surface area contributed by atoms with E-state index in [4.69, 9.17) is 4.74 Å². The largest absolute Gasteiger partial charge is 0.423 e. The molecule has 0 N–H and O–H groups in total. The van der Waals surface area contributed by atoms with E-state index in [1.54, 1.807) is 35.4 Å². The first-order valence-corrected chi connectivity index (χ1v) is 9.05. The molecule has 26 heavy (non-hydrogen) atoms. The van der Waals surface area contributed by atoms with Crippen LogP contribution >= 0.6 is 0 Å². The molecule has 4 rings (SSSR count). The Balaban J connectivity index is 1.49. The molecule has 1 aromatic carbocycles. The number of aromatic nitrogens is 1. The molecule has 3 heterocycles. The van der Waals surface area contributed by atoms with Crippen LogP contribution in [0.3, 0.4) is 0 Å². The SMILES string of the molecule is O=C(Oc1ccc(N2CCCC2=O)cc1)c1cccnc1N1CCCC1. The van der Waals surface area contributed by atoms with E-state index in [-0.39, 0.29) is 5.91 Å². The molecular formula is C20H21N3O3. The zero-order valence-corrected chi connectivity index (χ0v) is 14.6. The van der Waals surface area contributed by atoms with Crippen LogP contribution in [0.2, 0.25) is 0 Å². The maximum Gasteiger partial charge on any atom is 0.347 e. The minimum atomic E-state index is -0.412. The second kappa shape index (κ2) is 7.15. The third-order valence-corrected chi connectivity index (χ3v) is 4.84. The topological polar surface area (TPSA) is 62.7 Å². The number of amides is 1. The van der Waals surface area contributed by atoms with Crippen molar-refractivity contribution in [2.75, 3.05) is 29.4 Å². The van der Waals surface area contributed by atoms with Crippen molar-refractivity contribution in [2.45, 2.75) is 25.7 Å². The van der Waals surface area contributed by atoms with Crippen molar-refractivity contribution >= 4 is 23.4 Å². The summed E-state index contributed by atoms with van der Waals surface area (Å²) in [5, 5.41) is 0. The number of carbonyl (C=O) groups is 2. The summed E-state index contributed by atoms with van der Waals surface area (Å²) in [7, 11) is 0.